The van der Waals surface area contributed by atoms with Gasteiger partial charge in [-0.15, -0.1) is 22.7 Å². The molecule has 0 radical (unpaired) electrons. The van der Waals surface area contributed by atoms with Crippen molar-refractivity contribution in [2.45, 2.75) is 83.1 Å². The Balaban J connectivity index is 0.000000114. The van der Waals surface area contributed by atoms with Crippen molar-refractivity contribution in [2.24, 2.45) is 0 Å². The van der Waals surface area contributed by atoms with Crippen molar-refractivity contribution in [3.63, 3.8) is 0 Å². The summed E-state index contributed by atoms with van der Waals surface area (Å²) in [6.45, 7) is 23.9. The summed E-state index contributed by atoms with van der Waals surface area (Å²) in [6.07, 6.45) is 0. The standard InChI is InChI=1S/2C23H19NO2.2C20H14O4.2C15H12O2S/c1-16-6-11-19(12-7-16)24(20-13-8-17(2)9-14-20)21-5-3-4-18-10-15-22(25)26-23(18)21;1-16-7-11-19(12-8-16)24(20-13-9-17(2)10-14-20)21-15-18-5-3-4-6-22(18)26-23(21)25;1-11-7-15-9-13(3-5-17(15)23-19(11)21)14-4-6-18-16(10-14)8-12(2)20(22)24-18;1-11-3-5-13-9-15(19(21)23-17(13)7-11)16-10-14-6-4-12(2)8-18(14)24-20(16)22;1-9-7-13(10(2)18-9)12-4-3-11-5-6-15(16)17-14(11)8-12;1-9-7-12(10(2)18-9)13-8-15(16)17-14-6-4-3-5-11(13)14/h2*3-15H,1-2H3;2*3-10H,1-2H3;2*3-8H,1-2H3. The number of para-hydroxylation sites is 3. The lowest BCUT2D eigenvalue weighted by molar-refractivity contribution is 0.553. The van der Waals surface area contributed by atoms with E-state index in [1.165, 1.54) is 59.5 Å². The highest BCUT2D eigenvalue weighted by atomic mass is 32.1. The van der Waals surface area contributed by atoms with Crippen LogP contribution in [-0.2, 0) is 0 Å². The summed E-state index contributed by atoms with van der Waals surface area (Å²) in [5.41, 5.74) is 21.5. The normalized spacial score (nSPS) is 11.0. The molecule has 0 amide bonds. The molecule has 18 nitrogen and oxygen atoms in total. The van der Waals surface area contributed by atoms with Gasteiger partial charge in [0.15, 0.2) is 5.58 Å². The molecule has 0 N–H and O–H groups in total. The van der Waals surface area contributed by atoms with E-state index >= 15 is 0 Å². The lowest BCUT2D eigenvalue weighted by Gasteiger charge is -2.26. The predicted molar refractivity (Wildman–Crippen MR) is 551 cm³/mol. The molecule has 10 aromatic heterocycles. The third-order valence-corrected chi connectivity index (χ3v) is 25.0. The van der Waals surface area contributed by atoms with Crippen molar-refractivity contribution >= 4 is 145 Å². The molecule has 12 aromatic carbocycles. The van der Waals surface area contributed by atoms with E-state index in [-0.39, 0.29) is 44.9 Å². The van der Waals surface area contributed by atoms with E-state index in [4.69, 9.17) is 35.3 Å². The number of hydrogen-bond acceptors (Lipinski definition) is 20. The van der Waals surface area contributed by atoms with Gasteiger partial charge in [0.2, 0.25) is 0 Å². The Bertz CT molecular complexity index is 8570. The molecule has 22 aromatic rings. The van der Waals surface area contributed by atoms with Gasteiger partial charge in [-0.25, -0.2) is 38.4 Å². The monoisotopic (exact) mass is 1830 g/mol. The molecular weight excluding hydrogens is 1740 g/mol. The number of thiophene rings is 2. The Morgan fingerprint density at radius 1 is 0.213 bits per heavy atom. The van der Waals surface area contributed by atoms with Crippen LogP contribution in [0.5, 0.6) is 0 Å². The summed E-state index contributed by atoms with van der Waals surface area (Å²) in [6, 6.07) is 104. The maximum Gasteiger partial charge on any atom is 0.360 e. The average Bonchev–Trinajstić information content (AvgIpc) is 1.52. The smallest absolute Gasteiger partial charge is 0.360 e. The summed E-state index contributed by atoms with van der Waals surface area (Å²) in [7, 11) is 0. The van der Waals surface area contributed by atoms with Crippen molar-refractivity contribution in [1.29, 1.82) is 0 Å². The molecule has 0 saturated carbocycles. The second-order valence-electron chi connectivity index (χ2n) is 33.5. The molecule has 10 heterocycles. The number of hydrogen-bond donors (Lipinski definition) is 0. The fourth-order valence-electron chi connectivity index (χ4n) is 16.1. The molecule has 0 aliphatic heterocycles. The summed E-state index contributed by atoms with van der Waals surface area (Å²) < 4.78 is 42.9. The maximum atomic E-state index is 12.7. The van der Waals surface area contributed by atoms with Gasteiger partial charge in [-0.05, 0) is 286 Å². The second kappa shape index (κ2) is 39.4. The molecule has 0 atom stereocenters. The van der Waals surface area contributed by atoms with E-state index in [0.29, 0.717) is 61.5 Å². The van der Waals surface area contributed by atoms with Crippen molar-refractivity contribution in [3.8, 4) is 44.5 Å². The van der Waals surface area contributed by atoms with Gasteiger partial charge in [0.25, 0.3) is 0 Å². The van der Waals surface area contributed by atoms with Gasteiger partial charge in [-0.2, -0.15) is 0 Å². The van der Waals surface area contributed by atoms with E-state index < -0.39 is 11.3 Å². The quantitative estimate of drug-likeness (QED) is 0.115. The highest BCUT2D eigenvalue weighted by Crippen LogP contribution is 2.42. The zero-order valence-corrected chi connectivity index (χ0v) is 78.1. The Kier molecular flexibility index (Phi) is 26.4. The van der Waals surface area contributed by atoms with Crippen LogP contribution in [0.3, 0.4) is 0 Å². The molecule has 20 heteroatoms. The number of anilines is 6. The highest BCUT2D eigenvalue weighted by molar-refractivity contribution is 7.12. The molecule has 0 unspecified atom stereocenters. The van der Waals surface area contributed by atoms with Crippen molar-refractivity contribution in [1.82, 2.24) is 0 Å². The fourth-order valence-corrected chi connectivity index (χ4v) is 18.0. The number of aryl methyl sites for hydroxylation is 12. The van der Waals surface area contributed by atoms with E-state index in [2.05, 4.69) is 113 Å². The Morgan fingerprint density at radius 2 is 0.603 bits per heavy atom. The topological polar surface area (TPSA) is 248 Å². The van der Waals surface area contributed by atoms with E-state index in [1.54, 1.807) is 91.1 Å². The lowest BCUT2D eigenvalue weighted by atomic mass is 10.0. The molecule has 672 valence electrons. The molecule has 136 heavy (non-hydrogen) atoms. The molecule has 0 aliphatic carbocycles. The first-order chi connectivity index (χ1) is 65.5. The van der Waals surface area contributed by atoms with Crippen LogP contribution in [0.15, 0.2) is 401 Å². The summed E-state index contributed by atoms with van der Waals surface area (Å²) in [5, 5.41) is 7.00. The number of fused-ring (bicyclic) bond motifs is 8. The number of nitrogens with zero attached hydrogens (tertiary/aromatic N) is 2. The Hall–Kier alpha value is -16.7. The SMILES string of the molecule is Cc1cc(-c2cc(=O)oc3ccccc23)c(C)s1.Cc1cc(-c2ccc3ccc(=O)oc3c2)c(C)s1.Cc1cc2cc(-c3ccc4oc(=O)c(C)cc4c3)ccc2oc1=O.Cc1ccc(N(c2ccc(C)cc2)c2cc3ccccc3oc2=O)cc1.Cc1ccc(N(c2ccc(C)cc2)c2cccc3ccc(=O)oc23)cc1.Cc1ccc2cc(-c3cc4ccc(C)cc4oc3=O)c(=O)oc2c1. The fraction of sp³-hybridized carbons (Fsp3) is 0.103. The van der Waals surface area contributed by atoms with Crippen LogP contribution >= 0.6 is 22.7 Å². The minimum Gasteiger partial charge on any atom is -0.423 e. The van der Waals surface area contributed by atoms with Gasteiger partial charge in [-0.3, -0.25) is 0 Å². The van der Waals surface area contributed by atoms with E-state index in [9.17, 15) is 38.4 Å². The first kappa shape index (κ1) is 91.2. The summed E-state index contributed by atoms with van der Waals surface area (Å²) >= 11 is 3.53. The van der Waals surface area contributed by atoms with Crippen molar-refractivity contribution in [2.75, 3.05) is 9.80 Å². The lowest BCUT2D eigenvalue weighted by Crippen LogP contribution is -2.18. The molecule has 22 rings (SSSR count). The molecule has 0 saturated heterocycles. The molecule has 0 spiro atoms. The second-order valence-corrected chi connectivity index (χ2v) is 36.4. The largest absolute Gasteiger partial charge is 0.423 e. The Morgan fingerprint density at radius 3 is 1.11 bits per heavy atom. The average molecular weight is 1830 g/mol. The minimum absolute atomic E-state index is 0.211. The number of benzene rings is 12. The summed E-state index contributed by atoms with van der Waals surface area (Å²) in [5.74, 6) is 0. The zero-order chi connectivity index (χ0) is 95.3. The predicted octanol–water partition coefficient (Wildman–Crippen LogP) is 28.4. The molecule has 0 fully saturated rings. The van der Waals surface area contributed by atoms with Crippen LogP contribution < -0.4 is 54.8 Å². The number of rotatable bonds is 10. The summed E-state index contributed by atoms with van der Waals surface area (Å²) in [4.78, 5) is 104. The van der Waals surface area contributed by atoms with Crippen LogP contribution in [-0.4, -0.2) is 0 Å². The van der Waals surface area contributed by atoms with Crippen LogP contribution in [0.25, 0.3) is 132 Å². The third-order valence-electron chi connectivity index (χ3n) is 23.1. The van der Waals surface area contributed by atoms with Crippen LogP contribution in [0.1, 0.15) is 64.0 Å². The first-order valence-electron chi connectivity index (χ1n) is 43.9. The molecular formula is C116H90N2O16S2. The minimum atomic E-state index is -0.549. The molecule has 0 aliphatic rings. The first-order valence-corrected chi connectivity index (χ1v) is 45.5. The van der Waals surface area contributed by atoms with Gasteiger partial charge in [-0.1, -0.05) is 168 Å². The van der Waals surface area contributed by atoms with Gasteiger partial charge in [0.1, 0.15) is 44.8 Å². The van der Waals surface area contributed by atoms with Crippen molar-refractivity contribution < 1.29 is 35.3 Å². The van der Waals surface area contributed by atoms with E-state index in [1.807, 2.05) is 227 Å². The van der Waals surface area contributed by atoms with E-state index in [0.717, 1.165) is 110 Å². The maximum absolute atomic E-state index is 12.7. The van der Waals surface area contributed by atoms with Gasteiger partial charge in [0, 0.05) is 120 Å². The van der Waals surface area contributed by atoms with Gasteiger partial charge >= 0.3 is 45.0 Å². The van der Waals surface area contributed by atoms with Gasteiger partial charge < -0.3 is 45.1 Å². The van der Waals surface area contributed by atoms with Crippen LogP contribution in [0.2, 0.25) is 0 Å². The Labute approximate surface area is 787 Å². The van der Waals surface area contributed by atoms with Crippen molar-refractivity contribution in [3.05, 3.63) is 475 Å². The highest BCUT2D eigenvalue weighted by Gasteiger charge is 2.22. The van der Waals surface area contributed by atoms with Gasteiger partial charge in [0.05, 0.1) is 16.8 Å². The van der Waals surface area contributed by atoms with Crippen LogP contribution in [0.4, 0.5) is 34.1 Å². The third kappa shape index (κ3) is 20.5. The molecule has 0 bridgehead atoms. The van der Waals surface area contributed by atoms with Crippen LogP contribution in [0, 0.1) is 83.1 Å². The zero-order valence-electron chi connectivity index (χ0n) is 76.4.